The number of nitrogens with two attached hydrogens (primary N) is 1. The third-order valence-electron chi connectivity index (χ3n) is 4.06. The molecular weight excluding hydrogens is 251 g/mol. The van der Waals surface area contributed by atoms with Crippen molar-refractivity contribution < 1.29 is 4.39 Å². The molecule has 2 nitrogen and oxygen atoms in total. The summed E-state index contributed by atoms with van der Waals surface area (Å²) in [6, 6.07) is 0.370. The Labute approximate surface area is 123 Å². The first kappa shape index (κ1) is 17.2. The van der Waals surface area contributed by atoms with Gasteiger partial charge in [-0.2, -0.15) is 0 Å². The standard InChI is InChI=1S/C17H31FN2/c1-14-12-16(8-6-4-5-7-11-19)13-20(3)17(14)10-9-15(2)18/h12-13,15,17H,4-11,19H2,1-3H3. The molecule has 1 aliphatic rings. The van der Waals surface area contributed by atoms with E-state index < -0.39 is 6.17 Å². The van der Waals surface area contributed by atoms with E-state index >= 15 is 0 Å². The van der Waals surface area contributed by atoms with Crippen LogP contribution in [0.5, 0.6) is 0 Å². The number of unbranched alkanes of at least 4 members (excludes halogenated alkanes) is 3. The Kier molecular flexibility index (Phi) is 7.90. The highest BCUT2D eigenvalue weighted by atomic mass is 19.1. The molecular formula is C17H31FN2. The molecule has 3 heteroatoms. The maximum atomic E-state index is 13.0. The predicted octanol–water partition coefficient (Wildman–Crippen LogP) is 4.18. The Balaban J connectivity index is 2.39. The lowest BCUT2D eigenvalue weighted by Gasteiger charge is -2.32. The van der Waals surface area contributed by atoms with Crippen LogP contribution >= 0.6 is 0 Å². The van der Waals surface area contributed by atoms with Gasteiger partial charge in [0.2, 0.25) is 0 Å². The number of hydrogen-bond acceptors (Lipinski definition) is 2. The Morgan fingerprint density at radius 2 is 2.00 bits per heavy atom. The van der Waals surface area contributed by atoms with Crippen molar-refractivity contribution in [2.75, 3.05) is 13.6 Å². The zero-order valence-electron chi connectivity index (χ0n) is 13.4. The normalized spacial score (nSPS) is 20.6. The summed E-state index contributed by atoms with van der Waals surface area (Å²) in [6.45, 7) is 4.62. The van der Waals surface area contributed by atoms with Crippen LogP contribution in [0.3, 0.4) is 0 Å². The van der Waals surface area contributed by atoms with Crippen LogP contribution in [-0.4, -0.2) is 30.7 Å². The largest absolute Gasteiger partial charge is 0.373 e. The second-order valence-electron chi connectivity index (χ2n) is 6.08. The van der Waals surface area contributed by atoms with Crippen LogP contribution < -0.4 is 5.73 Å². The molecule has 2 unspecified atom stereocenters. The Morgan fingerprint density at radius 1 is 1.30 bits per heavy atom. The van der Waals surface area contributed by atoms with Gasteiger partial charge in [-0.25, -0.2) is 4.39 Å². The van der Waals surface area contributed by atoms with E-state index in [-0.39, 0.29) is 0 Å². The van der Waals surface area contributed by atoms with Gasteiger partial charge in [0.05, 0.1) is 6.17 Å². The summed E-state index contributed by atoms with van der Waals surface area (Å²) in [7, 11) is 2.11. The van der Waals surface area contributed by atoms with E-state index in [2.05, 4.69) is 31.1 Å². The highest BCUT2D eigenvalue weighted by Gasteiger charge is 2.19. The van der Waals surface area contributed by atoms with Crippen LogP contribution in [0.4, 0.5) is 4.39 Å². The lowest BCUT2D eigenvalue weighted by molar-refractivity contribution is 0.279. The van der Waals surface area contributed by atoms with Crippen molar-refractivity contribution in [1.29, 1.82) is 0 Å². The van der Waals surface area contributed by atoms with Crippen molar-refractivity contribution in [2.45, 2.75) is 71.0 Å². The van der Waals surface area contributed by atoms with Crippen molar-refractivity contribution in [3.63, 3.8) is 0 Å². The van der Waals surface area contributed by atoms with Crippen LogP contribution in [0.2, 0.25) is 0 Å². The van der Waals surface area contributed by atoms with Crippen molar-refractivity contribution in [2.24, 2.45) is 5.73 Å². The molecule has 0 radical (unpaired) electrons. The van der Waals surface area contributed by atoms with Gasteiger partial charge in [0.15, 0.2) is 0 Å². The molecule has 0 fully saturated rings. The molecule has 1 aliphatic heterocycles. The molecule has 0 aliphatic carbocycles. The van der Waals surface area contributed by atoms with Gasteiger partial charge in [0.1, 0.15) is 0 Å². The zero-order valence-corrected chi connectivity index (χ0v) is 13.4. The van der Waals surface area contributed by atoms with Crippen LogP contribution in [0, 0.1) is 0 Å². The molecule has 0 aromatic heterocycles. The minimum Gasteiger partial charge on any atom is -0.373 e. The first-order valence-electron chi connectivity index (χ1n) is 7.99. The Bertz CT molecular complexity index is 334. The number of allylic oxidation sites excluding steroid dienone is 2. The summed E-state index contributed by atoms with van der Waals surface area (Å²) in [4.78, 5) is 2.26. The van der Waals surface area contributed by atoms with Gasteiger partial charge in [-0.15, -0.1) is 0 Å². The summed E-state index contributed by atoms with van der Waals surface area (Å²) < 4.78 is 13.0. The highest BCUT2D eigenvalue weighted by molar-refractivity contribution is 5.30. The van der Waals surface area contributed by atoms with Crippen LogP contribution in [0.25, 0.3) is 0 Å². The second-order valence-corrected chi connectivity index (χ2v) is 6.08. The fourth-order valence-corrected chi connectivity index (χ4v) is 2.88. The van der Waals surface area contributed by atoms with Gasteiger partial charge < -0.3 is 10.6 Å². The minimum atomic E-state index is -0.705. The SMILES string of the molecule is CC1=CC(CCCCCCN)=CN(C)C1CCC(C)F. The lowest BCUT2D eigenvalue weighted by Crippen LogP contribution is -2.31. The van der Waals surface area contributed by atoms with E-state index in [0.717, 1.165) is 25.8 Å². The molecule has 0 amide bonds. The van der Waals surface area contributed by atoms with E-state index in [4.69, 9.17) is 5.73 Å². The molecule has 0 spiro atoms. The summed E-state index contributed by atoms with van der Waals surface area (Å²) in [5.74, 6) is 0. The lowest BCUT2D eigenvalue weighted by atomic mass is 9.94. The molecule has 1 rings (SSSR count). The van der Waals surface area contributed by atoms with Crippen molar-refractivity contribution in [1.82, 2.24) is 4.90 Å². The second kappa shape index (κ2) is 9.17. The van der Waals surface area contributed by atoms with Gasteiger partial charge in [0, 0.05) is 19.3 Å². The average molecular weight is 282 g/mol. The average Bonchev–Trinajstić information content (AvgIpc) is 2.37. The molecule has 2 N–H and O–H groups in total. The molecule has 116 valence electrons. The van der Waals surface area contributed by atoms with E-state index in [9.17, 15) is 4.39 Å². The molecule has 0 saturated carbocycles. The quantitative estimate of drug-likeness (QED) is 0.643. The first-order chi connectivity index (χ1) is 9.54. The van der Waals surface area contributed by atoms with E-state index in [1.165, 1.54) is 30.4 Å². The topological polar surface area (TPSA) is 29.3 Å². The molecule has 2 atom stereocenters. The summed E-state index contributed by atoms with van der Waals surface area (Å²) >= 11 is 0. The van der Waals surface area contributed by atoms with E-state index in [1.54, 1.807) is 6.92 Å². The summed E-state index contributed by atoms with van der Waals surface area (Å²) in [5.41, 5.74) is 8.27. The number of rotatable bonds is 9. The van der Waals surface area contributed by atoms with Gasteiger partial charge in [0.25, 0.3) is 0 Å². The van der Waals surface area contributed by atoms with Gasteiger partial charge >= 0.3 is 0 Å². The number of nitrogens with zero attached hydrogens (tertiary/aromatic N) is 1. The van der Waals surface area contributed by atoms with E-state index in [0.29, 0.717) is 12.5 Å². The zero-order chi connectivity index (χ0) is 15.0. The van der Waals surface area contributed by atoms with E-state index in [1.807, 2.05) is 0 Å². The molecule has 1 heterocycles. The van der Waals surface area contributed by atoms with Gasteiger partial charge in [-0.3, -0.25) is 0 Å². The summed E-state index contributed by atoms with van der Waals surface area (Å²) in [6.07, 6.45) is 11.4. The molecule has 0 bridgehead atoms. The molecule has 0 aromatic carbocycles. The van der Waals surface area contributed by atoms with Crippen LogP contribution in [0.15, 0.2) is 23.4 Å². The molecule has 0 saturated heterocycles. The third-order valence-corrected chi connectivity index (χ3v) is 4.06. The Hall–Kier alpha value is -0.830. The molecule has 0 aromatic rings. The number of halogens is 1. The molecule has 20 heavy (non-hydrogen) atoms. The smallest absolute Gasteiger partial charge is 0.0974 e. The van der Waals surface area contributed by atoms with Crippen molar-refractivity contribution in [3.05, 3.63) is 23.4 Å². The minimum absolute atomic E-state index is 0.370. The van der Waals surface area contributed by atoms with Crippen LogP contribution in [0.1, 0.15) is 58.8 Å². The monoisotopic (exact) mass is 282 g/mol. The maximum absolute atomic E-state index is 13.0. The van der Waals surface area contributed by atoms with Crippen molar-refractivity contribution >= 4 is 0 Å². The van der Waals surface area contributed by atoms with Gasteiger partial charge in [-0.05, 0) is 58.1 Å². The number of hydrogen-bond donors (Lipinski definition) is 1. The third kappa shape index (κ3) is 6.08. The van der Waals surface area contributed by atoms with Crippen molar-refractivity contribution in [3.8, 4) is 0 Å². The number of likely N-dealkylation sites (N-methyl/N-ethyl adjacent to an activating group) is 1. The number of alkyl halides is 1. The first-order valence-corrected chi connectivity index (χ1v) is 7.99. The van der Waals surface area contributed by atoms with Gasteiger partial charge in [-0.1, -0.05) is 24.5 Å². The highest BCUT2D eigenvalue weighted by Crippen LogP contribution is 2.26. The fourth-order valence-electron chi connectivity index (χ4n) is 2.88. The fraction of sp³-hybridized carbons (Fsp3) is 0.765. The Morgan fingerprint density at radius 3 is 2.60 bits per heavy atom. The maximum Gasteiger partial charge on any atom is 0.0974 e. The summed E-state index contributed by atoms with van der Waals surface area (Å²) in [5, 5.41) is 0. The van der Waals surface area contributed by atoms with Crippen LogP contribution in [-0.2, 0) is 0 Å². The predicted molar refractivity (Wildman–Crippen MR) is 85.3 cm³/mol.